The number of nitrogens with zero attached hydrogens (tertiary/aromatic N) is 3. The first-order valence-electron chi connectivity index (χ1n) is 6.07. The average Bonchev–Trinajstić information content (AvgIpc) is 3.04. The number of aliphatic imine (C=N–C) groups is 1. The van der Waals surface area contributed by atoms with Crippen LogP contribution in [0.3, 0.4) is 0 Å². The molecule has 0 spiro atoms. The van der Waals surface area contributed by atoms with E-state index in [1.165, 1.54) is 11.1 Å². The van der Waals surface area contributed by atoms with Gasteiger partial charge in [-0.1, -0.05) is 36.4 Å². The Morgan fingerprint density at radius 1 is 0.889 bits per heavy atom. The SMILES string of the molecule is c1ccc2c(c1)CC(c1cccc3c1N=NC3)=N2. The van der Waals surface area contributed by atoms with E-state index in [9.17, 15) is 0 Å². The maximum Gasteiger partial charge on any atom is 0.0994 e. The van der Waals surface area contributed by atoms with Gasteiger partial charge in [0, 0.05) is 17.5 Å². The van der Waals surface area contributed by atoms with Crippen LogP contribution in [0.25, 0.3) is 0 Å². The van der Waals surface area contributed by atoms with Crippen LogP contribution in [0.2, 0.25) is 0 Å². The van der Waals surface area contributed by atoms with E-state index in [1.54, 1.807) is 0 Å². The molecule has 0 bridgehead atoms. The second-order valence-corrected chi connectivity index (χ2v) is 4.58. The van der Waals surface area contributed by atoms with E-state index < -0.39 is 0 Å². The Balaban J connectivity index is 1.84. The molecule has 2 aromatic rings. The quantitative estimate of drug-likeness (QED) is 0.715. The highest BCUT2D eigenvalue weighted by Gasteiger charge is 2.20. The molecular weight excluding hydrogens is 222 g/mol. The van der Waals surface area contributed by atoms with Gasteiger partial charge < -0.3 is 0 Å². The molecule has 0 fully saturated rings. The van der Waals surface area contributed by atoms with Gasteiger partial charge in [-0.15, -0.1) is 0 Å². The minimum Gasteiger partial charge on any atom is -0.252 e. The van der Waals surface area contributed by atoms with Crippen molar-refractivity contribution in [1.29, 1.82) is 0 Å². The maximum atomic E-state index is 4.71. The van der Waals surface area contributed by atoms with E-state index in [0.29, 0.717) is 6.54 Å². The van der Waals surface area contributed by atoms with Crippen LogP contribution in [-0.2, 0) is 13.0 Å². The van der Waals surface area contributed by atoms with E-state index in [4.69, 9.17) is 4.99 Å². The molecule has 0 N–H and O–H groups in total. The Bertz CT molecular complexity index is 699. The van der Waals surface area contributed by atoms with Gasteiger partial charge in [0.1, 0.15) is 0 Å². The number of para-hydroxylation sites is 1. The first kappa shape index (κ1) is 9.71. The van der Waals surface area contributed by atoms with Crippen LogP contribution in [0, 0.1) is 0 Å². The van der Waals surface area contributed by atoms with Crippen molar-refractivity contribution in [3.8, 4) is 0 Å². The van der Waals surface area contributed by atoms with Crippen molar-refractivity contribution in [3.63, 3.8) is 0 Å². The number of fused-ring (bicyclic) bond motifs is 2. The monoisotopic (exact) mass is 233 g/mol. The fourth-order valence-corrected chi connectivity index (χ4v) is 2.54. The van der Waals surface area contributed by atoms with E-state index >= 15 is 0 Å². The lowest BCUT2D eigenvalue weighted by Crippen LogP contribution is -2.01. The van der Waals surface area contributed by atoms with Crippen molar-refractivity contribution in [2.24, 2.45) is 15.2 Å². The van der Waals surface area contributed by atoms with Gasteiger partial charge in [0.15, 0.2) is 0 Å². The van der Waals surface area contributed by atoms with E-state index in [2.05, 4.69) is 46.6 Å². The van der Waals surface area contributed by atoms with Crippen LogP contribution in [0.4, 0.5) is 11.4 Å². The number of azo groups is 1. The highest BCUT2D eigenvalue weighted by Crippen LogP contribution is 2.35. The summed E-state index contributed by atoms with van der Waals surface area (Å²) in [5.41, 5.74) is 6.81. The molecule has 4 rings (SSSR count). The first-order valence-corrected chi connectivity index (χ1v) is 6.07. The second-order valence-electron chi connectivity index (χ2n) is 4.58. The van der Waals surface area contributed by atoms with Gasteiger partial charge >= 0.3 is 0 Å². The molecule has 0 amide bonds. The molecule has 3 heteroatoms. The molecule has 2 aliphatic rings. The highest BCUT2D eigenvalue weighted by molar-refractivity contribution is 6.10. The lowest BCUT2D eigenvalue weighted by Gasteiger charge is -2.04. The Morgan fingerprint density at radius 2 is 1.78 bits per heavy atom. The number of hydrogen-bond donors (Lipinski definition) is 0. The van der Waals surface area contributed by atoms with Crippen molar-refractivity contribution >= 4 is 17.1 Å². The third-order valence-electron chi connectivity index (χ3n) is 3.45. The highest BCUT2D eigenvalue weighted by atomic mass is 15.1. The van der Waals surface area contributed by atoms with Crippen LogP contribution >= 0.6 is 0 Å². The Kier molecular flexibility index (Phi) is 1.94. The molecule has 18 heavy (non-hydrogen) atoms. The normalized spacial score (nSPS) is 15.4. The zero-order valence-electron chi connectivity index (χ0n) is 9.80. The first-order chi connectivity index (χ1) is 8.92. The summed E-state index contributed by atoms with van der Waals surface area (Å²) in [5, 5.41) is 8.35. The average molecular weight is 233 g/mol. The summed E-state index contributed by atoms with van der Waals surface area (Å²) in [4.78, 5) is 4.71. The molecule has 0 unspecified atom stereocenters. The molecule has 2 heterocycles. The minimum atomic E-state index is 0.698. The lowest BCUT2D eigenvalue weighted by atomic mass is 10.0. The third kappa shape index (κ3) is 1.34. The van der Waals surface area contributed by atoms with Crippen LogP contribution in [0.15, 0.2) is 57.7 Å². The van der Waals surface area contributed by atoms with Crippen molar-refractivity contribution in [2.45, 2.75) is 13.0 Å². The molecule has 0 radical (unpaired) electrons. The molecule has 3 nitrogen and oxygen atoms in total. The van der Waals surface area contributed by atoms with Crippen LogP contribution in [-0.4, -0.2) is 5.71 Å². The van der Waals surface area contributed by atoms with Gasteiger partial charge in [-0.3, -0.25) is 4.99 Å². The summed E-state index contributed by atoms with van der Waals surface area (Å²) in [5.74, 6) is 0. The molecule has 86 valence electrons. The summed E-state index contributed by atoms with van der Waals surface area (Å²) in [6.07, 6.45) is 0.891. The molecule has 0 aromatic heterocycles. The summed E-state index contributed by atoms with van der Waals surface area (Å²) < 4.78 is 0. The molecule has 0 atom stereocenters. The van der Waals surface area contributed by atoms with E-state index in [1.807, 2.05) is 6.07 Å². The van der Waals surface area contributed by atoms with Gasteiger partial charge in [-0.2, -0.15) is 10.2 Å². The zero-order chi connectivity index (χ0) is 11.9. The molecule has 2 aromatic carbocycles. The van der Waals surface area contributed by atoms with Crippen molar-refractivity contribution in [1.82, 2.24) is 0 Å². The Morgan fingerprint density at radius 3 is 2.72 bits per heavy atom. The van der Waals surface area contributed by atoms with E-state index in [-0.39, 0.29) is 0 Å². The van der Waals surface area contributed by atoms with Gasteiger partial charge in [-0.25, -0.2) is 0 Å². The minimum absolute atomic E-state index is 0.698. The van der Waals surface area contributed by atoms with Gasteiger partial charge in [-0.05, 0) is 11.6 Å². The summed E-state index contributed by atoms with van der Waals surface area (Å²) in [7, 11) is 0. The summed E-state index contributed by atoms with van der Waals surface area (Å²) >= 11 is 0. The smallest absolute Gasteiger partial charge is 0.0994 e. The van der Waals surface area contributed by atoms with Crippen molar-refractivity contribution in [2.75, 3.05) is 0 Å². The van der Waals surface area contributed by atoms with Gasteiger partial charge in [0.2, 0.25) is 0 Å². The number of hydrogen-bond acceptors (Lipinski definition) is 3. The molecule has 0 saturated heterocycles. The molecular formula is C15H11N3. The maximum absolute atomic E-state index is 4.71. The number of rotatable bonds is 1. The van der Waals surface area contributed by atoms with Crippen molar-refractivity contribution < 1.29 is 0 Å². The Labute approximate surface area is 105 Å². The molecule has 0 saturated carbocycles. The van der Waals surface area contributed by atoms with Crippen molar-refractivity contribution in [3.05, 3.63) is 59.2 Å². The summed E-state index contributed by atoms with van der Waals surface area (Å²) in [6.45, 7) is 0.698. The standard InChI is InChI=1S/C15H11N3/c1-2-7-13-10(4-1)8-14(17-13)12-6-3-5-11-9-16-18-15(11)12/h1-7H,8-9H2. The third-order valence-corrected chi connectivity index (χ3v) is 3.45. The van der Waals surface area contributed by atoms with Crippen LogP contribution < -0.4 is 0 Å². The zero-order valence-corrected chi connectivity index (χ0v) is 9.80. The van der Waals surface area contributed by atoms with Crippen LogP contribution in [0.1, 0.15) is 16.7 Å². The summed E-state index contributed by atoms with van der Waals surface area (Å²) in [6, 6.07) is 14.5. The Hall–Kier alpha value is -2.29. The largest absolute Gasteiger partial charge is 0.252 e. The fourth-order valence-electron chi connectivity index (χ4n) is 2.54. The molecule has 2 aliphatic heterocycles. The van der Waals surface area contributed by atoms with Gasteiger partial charge in [0.25, 0.3) is 0 Å². The second kappa shape index (κ2) is 3.60. The number of benzene rings is 2. The topological polar surface area (TPSA) is 37.1 Å². The van der Waals surface area contributed by atoms with Gasteiger partial charge in [0.05, 0.1) is 23.6 Å². The van der Waals surface area contributed by atoms with E-state index in [0.717, 1.165) is 29.1 Å². The lowest BCUT2D eigenvalue weighted by molar-refractivity contribution is 1.04. The molecule has 0 aliphatic carbocycles. The predicted octanol–water partition coefficient (Wildman–Crippen LogP) is 3.96. The fraction of sp³-hybridized carbons (Fsp3) is 0.133. The predicted molar refractivity (Wildman–Crippen MR) is 71.0 cm³/mol. The van der Waals surface area contributed by atoms with Crippen LogP contribution in [0.5, 0.6) is 0 Å².